The lowest BCUT2D eigenvalue weighted by Crippen LogP contribution is -2.35. The molecule has 1 N–H and O–H groups in total. The molecule has 0 atom stereocenters. The van der Waals surface area contributed by atoms with Crippen molar-refractivity contribution in [3.63, 3.8) is 0 Å². The molecule has 0 aliphatic rings. The molecule has 100 valence electrons. The van der Waals surface area contributed by atoms with Gasteiger partial charge in [-0.25, -0.2) is 4.98 Å². The zero-order valence-corrected chi connectivity index (χ0v) is 12.7. The predicted molar refractivity (Wildman–Crippen MR) is 81.7 cm³/mol. The Labute approximate surface area is 121 Å². The van der Waals surface area contributed by atoms with Gasteiger partial charge in [0, 0.05) is 17.3 Å². The number of rotatable bonds is 4. The van der Waals surface area contributed by atoms with Crippen LogP contribution in [0.5, 0.6) is 0 Å². The first-order valence-electron chi connectivity index (χ1n) is 6.22. The van der Waals surface area contributed by atoms with Crippen molar-refractivity contribution in [3.05, 3.63) is 42.1 Å². The lowest BCUT2D eigenvalue weighted by atomic mass is 9.97. The Balaban J connectivity index is 2.13. The van der Waals surface area contributed by atoms with E-state index in [0.717, 1.165) is 16.2 Å². The lowest BCUT2D eigenvalue weighted by molar-refractivity contribution is 0.0935. The first-order chi connectivity index (χ1) is 9.02. The van der Waals surface area contributed by atoms with Crippen LogP contribution in [0.15, 0.2) is 36.4 Å². The molecule has 0 spiro atoms. The van der Waals surface area contributed by atoms with Crippen LogP contribution in [-0.4, -0.2) is 22.8 Å². The number of amides is 1. The normalized spacial score (nSPS) is 11.5. The van der Waals surface area contributed by atoms with E-state index in [1.807, 2.05) is 30.3 Å². The van der Waals surface area contributed by atoms with Crippen molar-refractivity contribution in [2.24, 2.45) is 5.41 Å². The second-order valence-corrected chi connectivity index (χ2v) is 5.93. The largest absolute Gasteiger partial charge is 0.350 e. The summed E-state index contributed by atoms with van der Waals surface area (Å²) in [5, 5.41) is 4.80. The lowest BCUT2D eigenvalue weighted by Gasteiger charge is -2.21. The van der Waals surface area contributed by atoms with E-state index < -0.39 is 0 Å². The van der Waals surface area contributed by atoms with Crippen LogP contribution in [0.4, 0.5) is 0 Å². The Kier molecular flexibility index (Phi) is 4.20. The Bertz CT molecular complexity index is 595. The molecule has 0 aliphatic carbocycles. The van der Waals surface area contributed by atoms with Gasteiger partial charge in [-0.1, -0.05) is 54.0 Å². The van der Waals surface area contributed by atoms with Gasteiger partial charge in [0.25, 0.3) is 5.91 Å². The molecule has 0 radical (unpaired) electrons. The number of hydrogen-bond acceptors (Lipinski definition) is 2. The quantitative estimate of drug-likeness (QED) is 0.877. The predicted octanol–water partition coefficient (Wildman–Crippen LogP) is 3.39. The van der Waals surface area contributed by atoms with Gasteiger partial charge in [-0.05, 0) is 17.5 Å². The van der Waals surface area contributed by atoms with Crippen LogP contribution in [0.25, 0.3) is 10.9 Å². The summed E-state index contributed by atoms with van der Waals surface area (Å²) in [4.78, 5) is 16.4. The number of pyridine rings is 1. The number of alkyl halides is 1. The number of carbonyl (C=O) groups is 1. The van der Waals surface area contributed by atoms with Gasteiger partial charge >= 0.3 is 0 Å². The van der Waals surface area contributed by atoms with Crippen LogP contribution in [-0.2, 0) is 0 Å². The fourth-order valence-electron chi connectivity index (χ4n) is 1.65. The van der Waals surface area contributed by atoms with Crippen molar-refractivity contribution in [3.8, 4) is 0 Å². The molecule has 0 aliphatic heterocycles. The number of hydrogen-bond donors (Lipinski definition) is 1. The second kappa shape index (κ2) is 5.70. The molecule has 0 saturated heterocycles. The molecule has 0 fully saturated rings. The minimum Gasteiger partial charge on any atom is -0.350 e. The van der Waals surface area contributed by atoms with Crippen LogP contribution >= 0.6 is 15.9 Å². The minimum absolute atomic E-state index is 0.0342. The van der Waals surface area contributed by atoms with Crippen molar-refractivity contribution in [2.45, 2.75) is 13.8 Å². The number of carbonyl (C=O) groups excluding carboxylic acids is 1. The van der Waals surface area contributed by atoms with Crippen LogP contribution in [0, 0.1) is 5.41 Å². The van der Waals surface area contributed by atoms with Crippen molar-refractivity contribution in [1.29, 1.82) is 0 Å². The summed E-state index contributed by atoms with van der Waals surface area (Å²) in [5.41, 5.74) is 1.34. The maximum Gasteiger partial charge on any atom is 0.269 e. The maximum absolute atomic E-state index is 12.1. The smallest absolute Gasteiger partial charge is 0.269 e. The summed E-state index contributed by atoms with van der Waals surface area (Å²) in [6.07, 6.45) is 0. The Hall–Kier alpha value is -1.42. The summed E-state index contributed by atoms with van der Waals surface area (Å²) in [6.45, 7) is 4.80. The number of halogens is 1. The first-order valence-corrected chi connectivity index (χ1v) is 7.34. The van der Waals surface area contributed by atoms with Gasteiger partial charge in [-0.3, -0.25) is 4.79 Å². The molecule has 1 amide bonds. The van der Waals surface area contributed by atoms with Gasteiger partial charge in [0.15, 0.2) is 0 Å². The summed E-state index contributed by atoms with van der Waals surface area (Å²) in [7, 11) is 0. The van der Waals surface area contributed by atoms with Gasteiger partial charge in [0.1, 0.15) is 5.69 Å². The fraction of sp³-hybridized carbons (Fsp3) is 0.333. The van der Waals surface area contributed by atoms with Gasteiger partial charge in [0.2, 0.25) is 0 Å². The van der Waals surface area contributed by atoms with Gasteiger partial charge in [0.05, 0.1) is 5.52 Å². The number of fused-ring (bicyclic) bond motifs is 1. The molecule has 1 aromatic heterocycles. The average molecular weight is 321 g/mol. The van der Waals surface area contributed by atoms with Gasteiger partial charge in [-0.15, -0.1) is 0 Å². The number of nitrogens with zero attached hydrogens (tertiary/aromatic N) is 1. The molecule has 4 heteroatoms. The molecule has 1 heterocycles. The molecule has 0 saturated carbocycles. The third kappa shape index (κ3) is 3.53. The van der Waals surface area contributed by atoms with E-state index in [-0.39, 0.29) is 11.3 Å². The molecule has 0 unspecified atom stereocenters. The van der Waals surface area contributed by atoms with Crippen LogP contribution < -0.4 is 5.32 Å². The molecule has 2 rings (SSSR count). The zero-order valence-electron chi connectivity index (χ0n) is 11.1. The monoisotopic (exact) mass is 320 g/mol. The summed E-state index contributed by atoms with van der Waals surface area (Å²) in [5.74, 6) is -0.125. The third-order valence-corrected chi connectivity index (χ3v) is 4.44. The molecular formula is C15H17BrN2O. The number of nitrogens with one attached hydrogen (secondary N) is 1. The van der Waals surface area contributed by atoms with Crippen LogP contribution in [0.1, 0.15) is 24.3 Å². The van der Waals surface area contributed by atoms with Crippen LogP contribution in [0.2, 0.25) is 0 Å². The van der Waals surface area contributed by atoms with Gasteiger partial charge in [-0.2, -0.15) is 0 Å². The zero-order chi connectivity index (χ0) is 13.9. The highest BCUT2D eigenvalue weighted by Crippen LogP contribution is 2.17. The van der Waals surface area contributed by atoms with E-state index in [4.69, 9.17) is 0 Å². The van der Waals surface area contributed by atoms with E-state index in [1.54, 1.807) is 6.07 Å². The molecule has 0 bridgehead atoms. The number of benzene rings is 1. The molecule has 3 nitrogen and oxygen atoms in total. The number of aromatic nitrogens is 1. The van der Waals surface area contributed by atoms with E-state index in [9.17, 15) is 4.79 Å². The Morgan fingerprint density at radius 2 is 2.00 bits per heavy atom. The standard InChI is InChI=1S/C15H17BrN2O/c1-15(2,9-16)10-17-14(19)13-8-7-11-5-3-4-6-12(11)18-13/h3-8H,9-10H2,1-2H3,(H,17,19). The van der Waals surface area contributed by atoms with E-state index >= 15 is 0 Å². The van der Waals surface area contributed by atoms with Gasteiger partial charge < -0.3 is 5.32 Å². The van der Waals surface area contributed by atoms with E-state index in [1.165, 1.54) is 0 Å². The molecular weight excluding hydrogens is 304 g/mol. The van der Waals surface area contributed by atoms with E-state index in [2.05, 4.69) is 40.1 Å². The highest BCUT2D eigenvalue weighted by Gasteiger charge is 2.18. The molecule has 1 aromatic carbocycles. The summed E-state index contributed by atoms with van der Waals surface area (Å²) in [6, 6.07) is 11.5. The van der Waals surface area contributed by atoms with E-state index in [0.29, 0.717) is 12.2 Å². The Morgan fingerprint density at radius 3 is 2.74 bits per heavy atom. The van der Waals surface area contributed by atoms with Crippen molar-refractivity contribution in [1.82, 2.24) is 10.3 Å². The van der Waals surface area contributed by atoms with Crippen molar-refractivity contribution < 1.29 is 4.79 Å². The third-order valence-electron chi connectivity index (χ3n) is 2.92. The second-order valence-electron chi connectivity index (χ2n) is 5.37. The average Bonchev–Trinajstić information content (AvgIpc) is 2.44. The van der Waals surface area contributed by atoms with Crippen molar-refractivity contribution in [2.75, 3.05) is 11.9 Å². The molecule has 19 heavy (non-hydrogen) atoms. The highest BCUT2D eigenvalue weighted by atomic mass is 79.9. The van der Waals surface area contributed by atoms with Crippen molar-refractivity contribution >= 4 is 32.7 Å². The molecule has 2 aromatic rings. The fourth-order valence-corrected chi connectivity index (χ4v) is 1.85. The Morgan fingerprint density at radius 1 is 1.26 bits per heavy atom. The maximum atomic E-state index is 12.1. The SMILES string of the molecule is CC(C)(CBr)CNC(=O)c1ccc2ccccc2n1. The topological polar surface area (TPSA) is 42.0 Å². The highest BCUT2D eigenvalue weighted by molar-refractivity contribution is 9.09. The summed E-state index contributed by atoms with van der Waals surface area (Å²) < 4.78 is 0. The minimum atomic E-state index is -0.125. The summed E-state index contributed by atoms with van der Waals surface area (Å²) >= 11 is 3.44. The van der Waals surface area contributed by atoms with Crippen LogP contribution in [0.3, 0.4) is 0 Å². The first kappa shape index (κ1) is 14.0. The number of para-hydroxylation sites is 1.